The third-order valence-corrected chi connectivity index (χ3v) is 3.82. The van der Waals surface area contributed by atoms with Crippen LogP contribution >= 0.6 is 27.5 Å². The van der Waals surface area contributed by atoms with E-state index in [1.165, 1.54) is 6.21 Å². The number of benzene rings is 2. The van der Waals surface area contributed by atoms with E-state index in [9.17, 15) is 4.79 Å². The molecule has 1 amide bonds. The lowest BCUT2D eigenvalue weighted by atomic mass is 10.1. The summed E-state index contributed by atoms with van der Waals surface area (Å²) in [7, 11) is 0. The van der Waals surface area contributed by atoms with Crippen LogP contribution in [0.1, 0.15) is 28.4 Å². The minimum absolute atomic E-state index is 0.362. The molecule has 0 saturated heterocycles. The maximum Gasteiger partial charge on any atom is 0.272 e. The highest BCUT2D eigenvalue weighted by Crippen LogP contribution is 2.22. The number of carbonyl (C=O) groups is 1. The number of amides is 1. The van der Waals surface area contributed by atoms with Crippen LogP contribution in [0.15, 0.2) is 46.0 Å². The van der Waals surface area contributed by atoms with Crippen molar-refractivity contribution in [2.24, 2.45) is 5.10 Å². The summed E-state index contributed by atoms with van der Waals surface area (Å²) in [6.45, 7) is 4.37. The van der Waals surface area contributed by atoms with Crippen molar-refractivity contribution in [1.82, 2.24) is 5.43 Å². The van der Waals surface area contributed by atoms with Gasteiger partial charge in [0.2, 0.25) is 0 Å². The van der Waals surface area contributed by atoms with Crippen LogP contribution < -0.4 is 10.2 Å². The van der Waals surface area contributed by atoms with Gasteiger partial charge in [0.25, 0.3) is 5.91 Å². The van der Waals surface area contributed by atoms with Gasteiger partial charge < -0.3 is 4.74 Å². The number of carbonyl (C=O) groups excluding carboxylic acids is 1. The van der Waals surface area contributed by atoms with Gasteiger partial charge in [-0.15, -0.1) is 0 Å². The van der Waals surface area contributed by atoms with Crippen molar-refractivity contribution in [3.05, 3.63) is 62.6 Å². The van der Waals surface area contributed by atoms with E-state index in [-0.39, 0.29) is 5.91 Å². The molecule has 0 saturated carbocycles. The molecule has 0 fully saturated rings. The molecule has 23 heavy (non-hydrogen) atoms. The molecule has 1 N–H and O–H groups in total. The Balaban J connectivity index is 2.12. The molecule has 120 valence electrons. The van der Waals surface area contributed by atoms with Crippen molar-refractivity contribution in [2.75, 3.05) is 6.61 Å². The summed E-state index contributed by atoms with van der Waals surface area (Å²) in [5.74, 6) is 0.335. The molecule has 0 atom stereocenters. The summed E-state index contributed by atoms with van der Waals surface area (Å²) < 4.78 is 6.42. The van der Waals surface area contributed by atoms with Gasteiger partial charge in [0, 0.05) is 10.0 Å². The molecule has 2 rings (SSSR count). The van der Waals surface area contributed by atoms with Gasteiger partial charge in [0.05, 0.1) is 23.4 Å². The average Bonchev–Trinajstić information content (AvgIpc) is 2.50. The largest absolute Gasteiger partial charge is 0.493 e. The molecule has 0 aliphatic carbocycles. The maximum absolute atomic E-state index is 12.1. The van der Waals surface area contributed by atoms with Gasteiger partial charge >= 0.3 is 0 Å². The average molecular weight is 396 g/mol. The summed E-state index contributed by atoms with van der Waals surface area (Å²) >= 11 is 9.47. The zero-order chi connectivity index (χ0) is 16.8. The molecule has 0 spiro atoms. The first-order valence-corrected chi connectivity index (χ1v) is 8.20. The number of hydrazone groups is 1. The van der Waals surface area contributed by atoms with E-state index in [0.717, 1.165) is 15.6 Å². The Hall–Kier alpha value is -1.85. The van der Waals surface area contributed by atoms with Crippen molar-refractivity contribution in [1.29, 1.82) is 0 Å². The quantitative estimate of drug-likeness (QED) is 0.595. The van der Waals surface area contributed by atoms with Crippen LogP contribution in [0, 0.1) is 6.92 Å². The first kappa shape index (κ1) is 17.5. The molecule has 0 bridgehead atoms. The highest BCUT2D eigenvalue weighted by Gasteiger charge is 2.09. The van der Waals surface area contributed by atoms with Gasteiger partial charge in [0.1, 0.15) is 5.75 Å². The molecule has 2 aromatic rings. The zero-order valence-electron chi connectivity index (χ0n) is 12.8. The molecule has 6 heteroatoms. The van der Waals surface area contributed by atoms with Crippen molar-refractivity contribution < 1.29 is 9.53 Å². The fraction of sp³-hybridized carbons (Fsp3) is 0.176. The SMILES string of the molecule is CCOc1ccc(Br)cc1C=NNC(=O)c1ccc(C)cc1Cl. The fourth-order valence-corrected chi connectivity index (χ4v) is 2.63. The van der Waals surface area contributed by atoms with Crippen molar-refractivity contribution in [3.8, 4) is 5.75 Å². The Morgan fingerprint density at radius 3 is 2.83 bits per heavy atom. The maximum atomic E-state index is 12.1. The Morgan fingerprint density at radius 1 is 1.35 bits per heavy atom. The number of hydrogen-bond donors (Lipinski definition) is 1. The molecular weight excluding hydrogens is 380 g/mol. The summed E-state index contributed by atoms with van der Waals surface area (Å²) in [4.78, 5) is 12.1. The highest BCUT2D eigenvalue weighted by atomic mass is 79.9. The number of ether oxygens (including phenoxy) is 1. The number of halogens is 2. The number of rotatable bonds is 5. The lowest BCUT2D eigenvalue weighted by Crippen LogP contribution is -2.18. The first-order chi connectivity index (χ1) is 11.0. The van der Waals surface area contributed by atoms with Crippen LogP contribution in [0.4, 0.5) is 0 Å². The molecule has 0 aliphatic heterocycles. The van der Waals surface area contributed by atoms with Gasteiger partial charge in [-0.25, -0.2) is 5.43 Å². The number of nitrogens with one attached hydrogen (secondary N) is 1. The van der Waals surface area contributed by atoms with E-state index in [1.807, 2.05) is 38.1 Å². The summed E-state index contributed by atoms with van der Waals surface area (Å²) in [5.41, 5.74) is 4.61. The second-order valence-corrected chi connectivity index (χ2v) is 6.12. The van der Waals surface area contributed by atoms with Gasteiger partial charge in [-0.05, 0) is 49.7 Å². The molecular formula is C17H16BrClN2O2. The minimum atomic E-state index is -0.362. The second-order valence-electron chi connectivity index (χ2n) is 4.80. The summed E-state index contributed by atoms with van der Waals surface area (Å²) in [6.07, 6.45) is 1.54. The summed E-state index contributed by atoms with van der Waals surface area (Å²) in [6, 6.07) is 10.8. The first-order valence-electron chi connectivity index (χ1n) is 7.03. The van der Waals surface area contributed by atoms with Crippen LogP contribution in [0.2, 0.25) is 5.02 Å². The van der Waals surface area contributed by atoms with Crippen LogP contribution in [-0.2, 0) is 0 Å². The van der Waals surface area contributed by atoms with E-state index >= 15 is 0 Å². The monoisotopic (exact) mass is 394 g/mol. The lowest BCUT2D eigenvalue weighted by molar-refractivity contribution is 0.0955. The normalized spacial score (nSPS) is 10.8. The molecule has 0 radical (unpaired) electrons. The van der Waals surface area contributed by atoms with E-state index in [4.69, 9.17) is 16.3 Å². The van der Waals surface area contributed by atoms with Crippen LogP contribution in [0.5, 0.6) is 5.75 Å². The Labute approximate surface area is 148 Å². The third kappa shape index (κ3) is 4.81. The fourth-order valence-electron chi connectivity index (χ4n) is 1.93. The van der Waals surface area contributed by atoms with Crippen LogP contribution in [0.25, 0.3) is 0 Å². The van der Waals surface area contributed by atoms with Crippen LogP contribution in [-0.4, -0.2) is 18.7 Å². The minimum Gasteiger partial charge on any atom is -0.493 e. The topological polar surface area (TPSA) is 50.7 Å². The third-order valence-electron chi connectivity index (χ3n) is 3.01. The predicted octanol–water partition coefficient (Wildman–Crippen LogP) is 4.57. The number of aryl methyl sites for hydroxylation is 1. The van der Waals surface area contributed by atoms with E-state index in [1.54, 1.807) is 12.1 Å². The van der Waals surface area contributed by atoms with Gasteiger partial charge in [-0.3, -0.25) is 4.79 Å². The molecule has 0 unspecified atom stereocenters. The molecule has 0 aromatic heterocycles. The van der Waals surface area contributed by atoms with Gasteiger partial charge in [-0.1, -0.05) is 33.6 Å². The Kier molecular flexibility index (Phi) is 6.19. The smallest absolute Gasteiger partial charge is 0.272 e. The zero-order valence-corrected chi connectivity index (χ0v) is 15.1. The van der Waals surface area contributed by atoms with Crippen molar-refractivity contribution in [3.63, 3.8) is 0 Å². The lowest BCUT2D eigenvalue weighted by Gasteiger charge is -2.07. The number of nitrogens with zero attached hydrogens (tertiary/aromatic N) is 1. The standard InChI is InChI=1S/C17H16BrClN2O2/c1-3-23-16-7-5-13(18)9-12(16)10-20-21-17(22)14-6-4-11(2)8-15(14)19/h4-10H,3H2,1-2H3,(H,21,22). The second kappa shape index (κ2) is 8.13. The van der Waals surface area contributed by atoms with E-state index < -0.39 is 0 Å². The number of hydrogen-bond acceptors (Lipinski definition) is 3. The van der Waals surface area contributed by atoms with E-state index in [0.29, 0.717) is 22.9 Å². The summed E-state index contributed by atoms with van der Waals surface area (Å²) in [5, 5.41) is 4.38. The molecule has 2 aromatic carbocycles. The highest BCUT2D eigenvalue weighted by molar-refractivity contribution is 9.10. The van der Waals surface area contributed by atoms with Gasteiger partial charge in [-0.2, -0.15) is 5.10 Å². The Bertz CT molecular complexity index is 747. The predicted molar refractivity (Wildman–Crippen MR) is 96.6 cm³/mol. The van der Waals surface area contributed by atoms with Crippen molar-refractivity contribution in [2.45, 2.75) is 13.8 Å². The molecule has 0 aliphatic rings. The van der Waals surface area contributed by atoms with E-state index in [2.05, 4.69) is 26.5 Å². The van der Waals surface area contributed by atoms with Gasteiger partial charge in [0.15, 0.2) is 0 Å². The molecule has 0 heterocycles. The van der Waals surface area contributed by atoms with Crippen LogP contribution in [0.3, 0.4) is 0 Å². The molecule has 4 nitrogen and oxygen atoms in total. The van der Waals surface area contributed by atoms with Crippen molar-refractivity contribution >= 4 is 39.7 Å². The Morgan fingerprint density at radius 2 is 2.13 bits per heavy atom.